The maximum absolute atomic E-state index is 13.0. The molecule has 1 aromatic rings. The summed E-state index contributed by atoms with van der Waals surface area (Å²) in [6.45, 7) is 4.84. The van der Waals surface area contributed by atoms with Gasteiger partial charge in [-0.3, -0.25) is 14.5 Å². The fourth-order valence-corrected chi connectivity index (χ4v) is 3.98. The number of hydrogen-bond donors (Lipinski definition) is 1. The van der Waals surface area contributed by atoms with Gasteiger partial charge in [-0.1, -0.05) is 18.6 Å². The first kappa shape index (κ1) is 17.1. The van der Waals surface area contributed by atoms with Crippen molar-refractivity contribution in [3.8, 4) is 0 Å². The van der Waals surface area contributed by atoms with Gasteiger partial charge in [0.2, 0.25) is 5.91 Å². The average Bonchev–Trinajstić information content (AvgIpc) is 2.85. The third kappa shape index (κ3) is 3.10. The second-order valence-corrected chi connectivity index (χ2v) is 6.98. The quantitative estimate of drug-likeness (QED) is 0.860. The molecule has 2 atom stereocenters. The number of hydrogen-bond acceptors (Lipinski definition) is 4. The predicted octanol–water partition coefficient (Wildman–Crippen LogP) is 2.17. The number of carbonyl (C=O) groups is 2. The van der Waals surface area contributed by atoms with Gasteiger partial charge in [0.15, 0.2) is 0 Å². The summed E-state index contributed by atoms with van der Waals surface area (Å²) in [5, 5.41) is 9.30. The van der Waals surface area contributed by atoms with Crippen LogP contribution < -0.4 is 4.90 Å². The predicted molar refractivity (Wildman–Crippen MR) is 92.9 cm³/mol. The first-order valence-corrected chi connectivity index (χ1v) is 8.83. The molecule has 2 aliphatic heterocycles. The third-order valence-electron chi connectivity index (χ3n) is 5.26. The number of carbonyl (C=O) groups excluding carboxylic acids is 2. The fourth-order valence-electron chi connectivity index (χ4n) is 3.98. The van der Waals surface area contributed by atoms with E-state index in [1.54, 1.807) is 0 Å². The van der Waals surface area contributed by atoms with Gasteiger partial charge in [0.05, 0.1) is 18.2 Å². The number of benzene rings is 1. The van der Waals surface area contributed by atoms with E-state index < -0.39 is 0 Å². The van der Waals surface area contributed by atoms with Crippen molar-refractivity contribution in [3.05, 3.63) is 29.3 Å². The molecule has 2 aliphatic rings. The highest BCUT2D eigenvalue weighted by Crippen LogP contribution is 2.32. The van der Waals surface area contributed by atoms with Gasteiger partial charge in [0.25, 0.3) is 5.91 Å². The lowest BCUT2D eigenvalue weighted by Crippen LogP contribution is -2.50. The molecule has 2 saturated heterocycles. The lowest BCUT2D eigenvalue weighted by Gasteiger charge is -2.38. The Kier molecular flexibility index (Phi) is 5.01. The summed E-state index contributed by atoms with van der Waals surface area (Å²) >= 11 is 0. The number of aliphatic hydroxyl groups excluding tert-OH is 1. The maximum atomic E-state index is 13.0. The van der Waals surface area contributed by atoms with E-state index in [1.165, 1.54) is 4.90 Å². The highest BCUT2D eigenvalue weighted by Gasteiger charge is 2.45. The van der Waals surface area contributed by atoms with Crippen LogP contribution in [0.25, 0.3) is 0 Å². The Morgan fingerprint density at radius 3 is 2.75 bits per heavy atom. The van der Waals surface area contributed by atoms with Gasteiger partial charge in [0.1, 0.15) is 0 Å². The van der Waals surface area contributed by atoms with Crippen molar-refractivity contribution in [3.63, 3.8) is 0 Å². The van der Waals surface area contributed by atoms with Crippen LogP contribution >= 0.6 is 0 Å². The van der Waals surface area contributed by atoms with E-state index in [2.05, 4.69) is 4.90 Å². The van der Waals surface area contributed by atoms with E-state index in [-0.39, 0.29) is 36.9 Å². The van der Waals surface area contributed by atoms with Gasteiger partial charge in [-0.2, -0.15) is 0 Å². The van der Waals surface area contributed by atoms with E-state index in [1.807, 2.05) is 32.0 Å². The zero-order valence-electron chi connectivity index (χ0n) is 14.5. The standard InChI is InChI=1S/C19H26N2O3/c1-13-6-7-14(2)16(11-13)21-18(23)12-17(19(21)24)20-9-4-3-5-15(20)8-10-22/h6-7,11,15,17,22H,3-5,8-10,12H2,1-2H3/t15-,17-/m1/s1. The summed E-state index contributed by atoms with van der Waals surface area (Å²) in [7, 11) is 0. The largest absolute Gasteiger partial charge is 0.396 e. The average molecular weight is 330 g/mol. The Bertz CT molecular complexity index is 641. The number of anilines is 1. The van der Waals surface area contributed by atoms with Crippen molar-refractivity contribution in [2.75, 3.05) is 18.1 Å². The van der Waals surface area contributed by atoms with Crippen LogP contribution in [0.4, 0.5) is 5.69 Å². The van der Waals surface area contributed by atoms with Crippen LogP contribution in [0.2, 0.25) is 0 Å². The van der Waals surface area contributed by atoms with Gasteiger partial charge in [0, 0.05) is 12.6 Å². The number of aliphatic hydroxyl groups is 1. The van der Waals surface area contributed by atoms with Crippen molar-refractivity contribution in [2.24, 2.45) is 0 Å². The number of piperidine rings is 1. The normalized spacial score (nSPS) is 25.5. The fraction of sp³-hybridized carbons (Fsp3) is 0.579. The molecule has 0 spiro atoms. The maximum Gasteiger partial charge on any atom is 0.251 e. The third-order valence-corrected chi connectivity index (χ3v) is 5.26. The number of likely N-dealkylation sites (tertiary alicyclic amines) is 1. The van der Waals surface area contributed by atoms with Crippen LogP contribution in [0.1, 0.15) is 43.2 Å². The van der Waals surface area contributed by atoms with E-state index in [0.717, 1.165) is 36.9 Å². The van der Waals surface area contributed by atoms with Crippen molar-refractivity contribution >= 4 is 17.5 Å². The molecule has 0 aliphatic carbocycles. The van der Waals surface area contributed by atoms with Gasteiger partial charge in [-0.05, 0) is 56.8 Å². The van der Waals surface area contributed by atoms with Crippen molar-refractivity contribution in [2.45, 2.75) is 58.0 Å². The number of aryl methyl sites for hydroxylation is 2. The molecule has 5 heteroatoms. The summed E-state index contributed by atoms with van der Waals surface area (Å²) in [4.78, 5) is 29.2. The molecular formula is C19H26N2O3. The molecule has 2 amide bonds. The Morgan fingerprint density at radius 2 is 2.00 bits per heavy atom. The van der Waals surface area contributed by atoms with E-state index in [9.17, 15) is 14.7 Å². The number of nitrogens with zero attached hydrogens (tertiary/aromatic N) is 2. The summed E-state index contributed by atoms with van der Waals surface area (Å²) in [6.07, 6.45) is 4.07. The van der Waals surface area contributed by atoms with Crippen molar-refractivity contribution in [1.82, 2.24) is 4.90 Å². The SMILES string of the molecule is Cc1ccc(C)c(N2C(=O)C[C@@H](N3CCCC[C@@H]3CCO)C2=O)c1. The van der Waals surface area contributed by atoms with E-state index in [4.69, 9.17) is 0 Å². The molecule has 130 valence electrons. The number of rotatable bonds is 4. The van der Waals surface area contributed by atoms with Crippen LogP contribution in [0.5, 0.6) is 0 Å². The van der Waals surface area contributed by atoms with E-state index in [0.29, 0.717) is 12.1 Å². The zero-order valence-corrected chi connectivity index (χ0v) is 14.5. The Balaban J connectivity index is 1.87. The summed E-state index contributed by atoms with van der Waals surface area (Å²) in [6, 6.07) is 5.67. The molecule has 0 aromatic heterocycles. The molecule has 0 bridgehead atoms. The smallest absolute Gasteiger partial charge is 0.251 e. The van der Waals surface area contributed by atoms with Crippen molar-refractivity contribution < 1.29 is 14.7 Å². The monoisotopic (exact) mass is 330 g/mol. The second-order valence-electron chi connectivity index (χ2n) is 6.98. The summed E-state index contributed by atoms with van der Waals surface area (Å²) in [5.41, 5.74) is 2.69. The minimum atomic E-state index is -0.380. The number of amides is 2. The Morgan fingerprint density at radius 1 is 1.21 bits per heavy atom. The van der Waals surface area contributed by atoms with Crippen LogP contribution in [-0.2, 0) is 9.59 Å². The topological polar surface area (TPSA) is 60.9 Å². The highest BCUT2D eigenvalue weighted by atomic mass is 16.3. The minimum Gasteiger partial charge on any atom is -0.396 e. The van der Waals surface area contributed by atoms with Crippen LogP contribution in [0, 0.1) is 13.8 Å². The van der Waals surface area contributed by atoms with Gasteiger partial charge in [-0.25, -0.2) is 4.90 Å². The molecule has 1 aromatic carbocycles. The zero-order chi connectivity index (χ0) is 17.3. The molecule has 2 fully saturated rings. The molecule has 0 saturated carbocycles. The first-order valence-electron chi connectivity index (χ1n) is 8.83. The summed E-state index contributed by atoms with van der Waals surface area (Å²) < 4.78 is 0. The lowest BCUT2D eigenvalue weighted by atomic mass is 9.97. The number of imide groups is 1. The van der Waals surface area contributed by atoms with E-state index >= 15 is 0 Å². The van der Waals surface area contributed by atoms with Gasteiger partial charge >= 0.3 is 0 Å². The highest BCUT2D eigenvalue weighted by molar-refractivity contribution is 6.22. The lowest BCUT2D eigenvalue weighted by molar-refractivity contribution is -0.124. The molecule has 0 radical (unpaired) electrons. The molecule has 1 N–H and O–H groups in total. The Labute approximate surface area is 143 Å². The van der Waals surface area contributed by atoms with Crippen LogP contribution in [0.15, 0.2) is 18.2 Å². The molecule has 24 heavy (non-hydrogen) atoms. The minimum absolute atomic E-state index is 0.112. The first-order chi connectivity index (χ1) is 11.5. The van der Waals surface area contributed by atoms with Crippen molar-refractivity contribution in [1.29, 1.82) is 0 Å². The molecule has 0 unspecified atom stereocenters. The molecule has 5 nitrogen and oxygen atoms in total. The Hall–Kier alpha value is -1.72. The van der Waals surface area contributed by atoms with Gasteiger partial charge < -0.3 is 5.11 Å². The van der Waals surface area contributed by atoms with Crippen LogP contribution in [-0.4, -0.2) is 47.1 Å². The molecular weight excluding hydrogens is 304 g/mol. The summed E-state index contributed by atoms with van der Waals surface area (Å²) in [5.74, 6) is -0.231. The van der Waals surface area contributed by atoms with Gasteiger partial charge in [-0.15, -0.1) is 0 Å². The molecule has 2 heterocycles. The second kappa shape index (κ2) is 7.03. The van der Waals surface area contributed by atoms with Crippen LogP contribution in [0.3, 0.4) is 0 Å². The molecule has 3 rings (SSSR count).